The maximum atomic E-state index is 11.6. The molecule has 0 saturated heterocycles. The number of esters is 1. The first-order valence-electron chi connectivity index (χ1n) is 7.66. The predicted molar refractivity (Wildman–Crippen MR) is 94.7 cm³/mol. The van der Waals surface area contributed by atoms with Gasteiger partial charge in [0.25, 0.3) is 0 Å². The fourth-order valence-electron chi connectivity index (χ4n) is 2.18. The van der Waals surface area contributed by atoms with Gasteiger partial charge in [-0.05, 0) is 42.0 Å². The number of methoxy groups -OCH3 is 1. The first-order chi connectivity index (χ1) is 12.2. The third-order valence-electron chi connectivity index (χ3n) is 3.41. The van der Waals surface area contributed by atoms with Gasteiger partial charge in [0.05, 0.1) is 12.7 Å². The number of carbonyl (C=O) groups is 1. The second kappa shape index (κ2) is 7.87. The summed E-state index contributed by atoms with van der Waals surface area (Å²) >= 11 is 0. The van der Waals surface area contributed by atoms with Crippen molar-refractivity contribution in [3.8, 4) is 0 Å². The minimum atomic E-state index is -0.383. The predicted octanol–water partition coefficient (Wildman–Crippen LogP) is 3.01. The molecule has 0 aliphatic rings. The lowest BCUT2D eigenvalue weighted by atomic mass is 10.2. The van der Waals surface area contributed by atoms with E-state index in [1.807, 2.05) is 18.2 Å². The molecule has 0 atom stereocenters. The second-order valence-corrected chi connectivity index (χ2v) is 5.17. The number of hydrogen-bond acceptors (Lipinski definition) is 7. The molecule has 3 rings (SSSR count). The van der Waals surface area contributed by atoms with Crippen LogP contribution in [-0.4, -0.2) is 28.0 Å². The van der Waals surface area contributed by atoms with Gasteiger partial charge in [0, 0.05) is 30.8 Å². The average Bonchev–Trinajstić information content (AvgIpc) is 2.67. The van der Waals surface area contributed by atoms with Gasteiger partial charge in [0.15, 0.2) is 0 Å². The summed E-state index contributed by atoms with van der Waals surface area (Å²) < 4.78 is 4.73. The van der Waals surface area contributed by atoms with E-state index in [0.717, 1.165) is 11.3 Å². The van der Waals surface area contributed by atoms with Gasteiger partial charge in [0.2, 0.25) is 5.95 Å². The highest BCUT2D eigenvalue weighted by Gasteiger charge is 2.06. The molecule has 0 saturated carbocycles. The molecule has 0 aliphatic heterocycles. The van der Waals surface area contributed by atoms with Crippen molar-refractivity contribution in [1.82, 2.24) is 15.0 Å². The van der Waals surface area contributed by atoms with E-state index in [0.29, 0.717) is 23.9 Å². The summed E-state index contributed by atoms with van der Waals surface area (Å²) in [5.74, 6) is 0.742. The molecular formula is C18H17N5O2. The number of aromatic nitrogens is 3. The number of ether oxygens (including phenoxy) is 1. The molecule has 3 aromatic rings. The van der Waals surface area contributed by atoms with E-state index >= 15 is 0 Å². The Hall–Kier alpha value is -3.48. The van der Waals surface area contributed by atoms with Crippen molar-refractivity contribution in [2.24, 2.45) is 0 Å². The van der Waals surface area contributed by atoms with Gasteiger partial charge in [-0.2, -0.15) is 4.98 Å². The number of nitrogens with zero attached hydrogens (tertiary/aromatic N) is 3. The molecule has 2 heterocycles. The van der Waals surface area contributed by atoms with Crippen LogP contribution in [0.3, 0.4) is 0 Å². The number of hydrogen-bond donors (Lipinski definition) is 2. The highest BCUT2D eigenvalue weighted by Crippen LogP contribution is 2.17. The Bertz CT molecular complexity index is 855. The largest absolute Gasteiger partial charge is 0.465 e. The molecule has 7 heteroatoms. The van der Waals surface area contributed by atoms with E-state index in [1.165, 1.54) is 7.11 Å². The minimum absolute atomic E-state index is 0.383. The number of anilines is 3. The van der Waals surface area contributed by atoms with Gasteiger partial charge in [0.1, 0.15) is 5.82 Å². The zero-order chi connectivity index (χ0) is 17.5. The van der Waals surface area contributed by atoms with Crippen molar-refractivity contribution in [3.63, 3.8) is 0 Å². The van der Waals surface area contributed by atoms with Gasteiger partial charge in [-0.25, -0.2) is 9.78 Å². The highest BCUT2D eigenvalue weighted by molar-refractivity contribution is 5.90. The first-order valence-corrected chi connectivity index (χ1v) is 7.66. The van der Waals surface area contributed by atoms with Crippen molar-refractivity contribution in [1.29, 1.82) is 0 Å². The van der Waals surface area contributed by atoms with Gasteiger partial charge in [-0.15, -0.1) is 0 Å². The Morgan fingerprint density at radius 2 is 1.96 bits per heavy atom. The first kappa shape index (κ1) is 16.4. The zero-order valence-electron chi connectivity index (χ0n) is 13.6. The fourth-order valence-corrected chi connectivity index (χ4v) is 2.18. The third-order valence-corrected chi connectivity index (χ3v) is 3.41. The van der Waals surface area contributed by atoms with Gasteiger partial charge < -0.3 is 15.4 Å². The normalized spacial score (nSPS) is 10.1. The van der Waals surface area contributed by atoms with Crippen LogP contribution in [-0.2, 0) is 11.3 Å². The van der Waals surface area contributed by atoms with Crippen LogP contribution in [0.1, 0.15) is 15.9 Å². The Balaban J connectivity index is 1.68. The molecule has 7 nitrogen and oxygen atoms in total. The van der Waals surface area contributed by atoms with Gasteiger partial charge >= 0.3 is 5.97 Å². The Morgan fingerprint density at radius 3 is 2.76 bits per heavy atom. The molecule has 1 aromatic carbocycles. The van der Waals surface area contributed by atoms with Crippen molar-refractivity contribution >= 4 is 23.4 Å². The molecule has 0 fully saturated rings. The highest BCUT2D eigenvalue weighted by atomic mass is 16.5. The number of benzene rings is 1. The smallest absolute Gasteiger partial charge is 0.337 e. The number of pyridine rings is 1. The van der Waals surface area contributed by atoms with Crippen LogP contribution < -0.4 is 10.6 Å². The van der Waals surface area contributed by atoms with Crippen molar-refractivity contribution in [2.45, 2.75) is 6.54 Å². The molecule has 25 heavy (non-hydrogen) atoms. The molecule has 0 amide bonds. The summed E-state index contributed by atoms with van der Waals surface area (Å²) in [6.07, 6.45) is 5.14. The maximum absolute atomic E-state index is 11.6. The lowest BCUT2D eigenvalue weighted by molar-refractivity contribution is 0.0601. The number of nitrogens with one attached hydrogen (secondary N) is 2. The van der Waals surface area contributed by atoms with Crippen LogP contribution in [0, 0.1) is 0 Å². The summed E-state index contributed by atoms with van der Waals surface area (Å²) in [5, 5.41) is 6.31. The molecule has 0 bridgehead atoms. The van der Waals surface area contributed by atoms with Crippen molar-refractivity contribution in [2.75, 3.05) is 17.7 Å². The summed E-state index contributed by atoms with van der Waals surface area (Å²) in [4.78, 5) is 24.2. The van der Waals surface area contributed by atoms with E-state index in [4.69, 9.17) is 4.74 Å². The molecule has 2 aromatic heterocycles. The van der Waals surface area contributed by atoms with Crippen LogP contribution in [0.5, 0.6) is 0 Å². The molecule has 0 spiro atoms. The van der Waals surface area contributed by atoms with Crippen LogP contribution in [0.2, 0.25) is 0 Å². The minimum Gasteiger partial charge on any atom is -0.465 e. The summed E-state index contributed by atoms with van der Waals surface area (Å²) in [6.45, 7) is 0.601. The van der Waals surface area contributed by atoms with Crippen LogP contribution in [0.15, 0.2) is 61.1 Å². The van der Waals surface area contributed by atoms with Gasteiger partial charge in [-0.1, -0.05) is 6.07 Å². The van der Waals surface area contributed by atoms with E-state index in [-0.39, 0.29) is 5.97 Å². The lowest BCUT2D eigenvalue weighted by Crippen LogP contribution is -2.05. The summed E-state index contributed by atoms with van der Waals surface area (Å²) in [7, 11) is 1.35. The SMILES string of the molecule is COC(=O)c1cccc(Nc2ccnc(NCc3ccncc3)n2)c1. The third kappa shape index (κ3) is 4.51. The maximum Gasteiger partial charge on any atom is 0.337 e. The molecule has 0 aliphatic carbocycles. The average molecular weight is 335 g/mol. The molecule has 2 N–H and O–H groups in total. The van der Waals surface area contributed by atoms with Gasteiger partial charge in [-0.3, -0.25) is 4.98 Å². The van der Waals surface area contributed by atoms with Crippen LogP contribution in [0.4, 0.5) is 17.5 Å². The van der Waals surface area contributed by atoms with E-state index < -0.39 is 0 Å². The van der Waals surface area contributed by atoms with Crippen LogP contribution in [0.25, 0.3) is 0 Å². The second-order valence-electron chi connectivity index (χ2n) is 5.17. The van der Waals surface area contributed by atoms with E-state index in [9.17, 15) is 4.79 Å². The lowest BCUT2D eigenvalue weighted by Gasteiger charge is -2.09. The Morgan fingerprint density at radius 1 is 1.12 bits per heavy atom. The molecular weight excluding hydrogens is 318 g/mol. The monoisotopic (exact) mass is 335 g/mol. The number of rotatable bonds is 6. The zero-order valence-corrected chi connectivity index (χ0v) is 13.6. The van der Waals surface area contributed by atoms with Crippen LogP contribution >= 0.6 is 0 Å². The summed E-state index contributed by atoms with van der Waals surface area (Å²) in [5.41, 5.74) is 2.29. The molecule has 126 valence electrons. The number of carbonyl (C=O) groups excluding carboxylic acids is 1. The molecule has 0 radical (unpaired) electrons. The topological polar surface area (TPSA) is 89.0 Å². The Labute approximate surface area is 145 Å². The van der Waals surface area contributed by atoms with E-state index in [2.05, 4.69) is 25.6 Å². The summed E-state index contributed by atoms with van der Waals surface area (Å²) in [6, 6.07) is 12.6. The van der Waals surface area contributed by atoms with Crippen molar-refractivity contribution < 1.29 is 9.53 Å². The molecule has 0 unspecified atom stereocenters. The quantitative estimate of drug-likeness (QED) is 0.669. The Kier molecular flexibility index (Phi) is 5.16. The van der Waals surface area contributed by atoms with Crippen molar-refractivity contribution in [3.05, 3.63) is 72.2 Å². The van der Waals surface area contributed by atoms with E-state index in [1.54, 1.807) is 42.9 Å². The fraction of sp³-hybridized carbons (Fsp3) is 0.111. The standard InChI is InChI=1S/C18H17N5O2/c1-25-17(24)14-3-2-4-15(11-14)22-16-7-10-20-18(23-16)21-12-13-5-8-19-9-6-13/h2-11H,12H2,1H3,(H2,20,21,22,23).